The van der Waals surface area contributed by atoms with Gasteiger partial charge in [-0.2, -0.15) is 0 Å². The third-order valence-electron chi connectivity index (χ3n) is 1.76. The van der Waals surface area contributed by atoms with Gasteiger partial charge in [-0.25, -0.2) is 0 Å². The lowest BCUT2D eigenvalue weighted by molar-refractivity contribution is -0.145. The molecule has 0 aromatic rings. The number of carbonyl (C=O) groups is 2. The van der Waals surface area contributed by atoms with E-state index in [2.05, 4.69) is 15.4 Å². The smallest absolute Gasteiger partial charge is 0.308 e. The molecule has 0 rings (SSSR count). The first kappa shape index (κ1) is 14.9. The molecule has 0 saturated heterocycles. The molecule has 0 radical (unpaired) electrons. The Labute approximate surface area is 95.4 Å². The summed E-state index contributed by atoms with van der Waals surface area (Å²) in [6.07, 6.45) is -0.766. The molecule has 1 atom stereocenters. The zero-order valence-corrected chi connectivity index (χ0v) is 9.78. The van der Waals surface area contributed by atoms with Gasteiger partial charge in [0.05, 0.1) is 19.1 Å². The highest BCUT2D eigenvalue weighted by Crippen LogP contribution is 1.93. The Bertz CT molecular complexity index is 221. The molecule has 1 amide bonds. The average Bonchev–Trinajstić information content (AvgIpc) is 2.16. The van der Waals surface area contributed by atoms with Gasteiger partial charge in [-0.05, 0) is 6.92 Å². The Kier molecular flexibility index (Phi) is 8.46. The fourth-order valence-electron chi connectivity index (χ4n) is 1.08. The number of aliphatic hydroxyl groups is 1. The summed E-state index contributed by atoms with van der Waals surface area (Å²) >= 11 is 0. The second-order valence-corrected chi connectivity index (χ2v) is 3.35. The summed E-state index contributed by atoms with van der Waals surface area (Å²) in [6, 6.07) is 0. The highest BCUT2D eigenvalue weighted by molar-refractivity contribution is 5.72. The number of hydrogen-bond acceptors (Lipinski definition) is 5. The van der Waals surface area contributed by atoms with Crippen molar-refractivity contribution < 1.29 is 19.4 Å². The summed E-state index contributed by atoms with van der Waals surface area (Å²) in [5, 5.41) is 14.9. The summed E-state index contributed by atoms with van der Waals surface area (Å²) < 4.78 is 4.69. The normalized spacial score (nSPS) is 11.9. The van der Waals surface area contributed by atoms with Gasteiger partial charge in [-0.15, -0.1) is 0 Å². The van der Waals surface area contributed by atoms with Crippen LogP contribution in [0.25, 0.3) is 0 Å². The molecule has 16 heavy (non-hydrogen) atoms. The minimum atomic E-state index is -0.753. The first-order valence-corrected chi connectivity index (χ1v) is 5.35. The Balaban J connectivity index is 3.39. The first-order chi connectivity index (χ1) is 7.56. The van der Waals surface area contributed by atoms with Crippen LogP contribution in [-0.2, 0) is 14.3 Å². The van der Waals surface area contributed by atoms with Crippen LogP contribution in [0.1, 0.15) is 20.3 Å². The number of hydrogen-bond donors (Lipinski definition) is 3. The van der Waals surface area contributed by atoms with Crippen molar-refractivity contribution in [2.45, 2.75) is 26.4 Å². The van der Waals surface area contributed by atoms with Crippen LogP contribution in [0.2, 0.25) is 0 Å². The molecule has 0 fully saturated rings. The first-order valence-electron chi connectivity index (χ1n) is 5.35. The minimum Gasteiger partial charge on any atom is -0.466 e. The van der Waals surface area contributed by atoms with E-state index in [0.29, 0.717) is 26.2 Å². The van der Waals surface area contributed by atoms with Crippen LogP contribution < -0.4 is 10.6 Å². The predicted octanol–water partition coefficient (Wildman–Crippen LogP) is -0.974. The highest BCUT2D eigenvalue weighted by atomic mass is 16.5. The quantitative estimate of drug-likeness (QED) is 0.370. The van der Waals surface area contributed by atoms with Crippen LogP contribution in [0, 0.1) is 0 Å². The molecular formula is C10H20N2O4. The SMILES string of the molecule is CCOC(=O)CC(O)CNCCNC(C)=O. The standard InChI is InChI=1S/C10H20N2O4/c1-3-16-10(15)6-9(14)7-11-4-5-12-8(2)13/h9,11,14H,3-7H2,1-2H3,(H,12,13). The van der Waals surface area contributed by atoms with Crippen LogP contribution in [0.15, 0.2) is 0 Å². The number of ether oxygens (including phenoxy) is 1. The number of aliphatic hydroxyl groups excluding tert-OH is 1. The van der Waals surface area contributed by atoms with Crippen LogP contribution in [0.3, 0.4) is 0 Å². The number of carbonyl (C=O) groups excluding carboxylic acids is 2. The van der Waals surface area contributed by atoms with Crippen molar-refractivity contribution in [2.24, 2.45) is 0 Å². The molecule has 6 nitrogen and oxygen atoms in total. The molecule has 1 unspecified atom stereocenters. The molecule has 0 bridgehead atoms. The molecule has 6 heteroatoms. The third-order valence-corrected chi connectivity index (χ3v) is 1.76. The van der Waals surface area contributed by atoms with Crippen LogP contribution in [0.5, 0.6) is 0 Å². The summed E-state index contributed by atoms with van der Waals surface area (Å²) in [5.41, 5.74) is 0. The number of nitrogens with one attached hydrogen (secondary N) is 2. The summed E-state index contributed by atoms with van der Waals surface area (Å²) in [6.45, 7) is 4.84. The maximum atomic E-state index is 11.0. The monoisotopic (exact) mass is 232 g/mol. The number of amides is 1. The molecule has 3 N–H and O–H groups in total. The van der Waals surface area contributed by atoms with E-state index in [-0.39, 0.29) is 12.3 Å². The topological polar surface area (TPSA) is 87.7 Å². The molecule has 0 aliphatic carbocycles. The largest absolute Gasteiger partial charge is 0.466 e. The van der Waals surface area contributed by atoms with Gasteiger partial charge in [0, 0.05) is 26.6 Å². The van der Waals surface area contributed by atoms with Gasteiger partial charge in [0.2, 0.25) is 5.91 Å². The van der Waals surface area contributed by atoms with Crippen LogP contribution in [0.4, 0.5) is 0 Å². The van der Waals surface area contributed by atoms with Crippen LogP contribution >= 0.6 is 0 Å². The van der Waals surface area contributed by atoms with Gasteiger partial charge in [-0.3, -0.25) is 9.59 Å². The highest BCUT2D eigenvalue weighted by Gasteiger charge is 2.10. The summed E-state index contributed by atoms with van der Waals surface area (Å²) in [4.78, 5) is 21.5. The van der Waals surface area contributed by atoms with E-state index in [4.69, 9.17) is 0 Å². The Morgan fingerprint density at radius 1 is 1.38 bits per heavy atom. The lowest BCUT2D eigenvalue weighted by atomic mass is 10.2. The molecule has 0 saturated carbocycles. The van der Waals surface area contributed by atoms with Crippen molar-refractivity contribution in [1.29, 1.82) is 0 Å². The molecule has 0 aromatic carbocycles. The number of rotatable bonds is 8. The second-order valence-electron chi connectivity index (χ2n) is 3.35. The Hall–Kier alpha value is -1.14. The lowest BCUT2D eigenvalue weighted by Crippen LogP contribution is -2.35. The van der Waals surface area contributed by atoms with E-state index < -0.39 is 12.1 Å². The van der Waals surface area contributed by atoms with Gasteiger partial charge < -0.3 is 20.5 Å². The Morgan fingerprint density at radius 3 is 2.62 bits per heavy atom. The van der Waals surface area contributed by atoms with E-state index in [9.17, 15) is 14.7 Å². The average molecular weight is 232 g/mol. The third kappa shape index (κ3) is 9.42. The number of esters is 1. The van der Waals surface area contributed by atoms with E-state index in [1.165, 1.54) is 6.92 Å². The maximum Gasteiger partial charge on any atom is 0.308 e. The summed E-state index contributed by atoms with van der Waals surface area (Å²) in [5.74, 6) is -0.493. The van der Waals surface area contributed by atoms with Gasteiger partial charge in [0.25, 0.3) is 0 Å². The van der Waals surface area contributed by atoms with E-state index >= 15 is 0 Å². The molecule has 0 aromatic heterocycles. The van der Waals surface area contributed by atoms with E-state index in [0.717, 1.165) is 0 Å². The van der Waals surface area contributed by atoms with Gasteiger partial charge in [0.1, 0.15) is 0 Å². The van der Waals surface area contributed by atoms with E-state index in [1.54, 1.807) is 6.92 Å². The second kappa shape index (κ2) is 9.11. The molecule has 0 heterocycles. The van der Waals surface area contributed by atoms with Crippen molar-refractivity contribution in [3.8, 4) is 0 Å². The lowest BCUT2D eigenvalue weighted by Gasteiger charge is -2.11. The van der Waals surface area contributed by atoms with Crippen molar-refractivity contribution in [3.05, 3.63) is 0 Å². The van der Waals surface area contributed by atoms with Gasteiger partial charge >= 0.3 is 5.97 Å². The van der Waals surface area contributed by atoms with E-state index in [1.807, 2.05) is 0 Å². The van der Waals surface area contributed by atoms with Crippen molar-refractivity contribution in [1.82, 2.24) is 10.6 Å². The van der Waals surface area contributed by atoms with Crippen molar-refractivity contribution in [3.63, 3.8) is 0 Å². The summed E-state index contributed by atoms with van der Waals surface area (Å²) in [7, 11) is 0. The zero-order chi connectivity index (χ0) is 12.4. The van der Waals surface area contributed by atoms with Crippen LogP contribution in [-0.4, -0.2) is 49.3 Å². The molecule has 0 aliphatic heterocycles. The molecular weight excluding hydrogens is 212 g/mol. The minimum absolute atomic E-state index is 0.0129. The fraction of sp³-hybridized carbons (Fsp3) is 0.800. The molecule has 0 spiro atoms. The molecule has 94 valence electrons. The predicted molar refractivity (Wildman–Crippen MR) is 58.8 cm³/mol. The van der Waals surface area contributed by atoms with Crippen molar-refractivity contribution >= 4 is 11.9 Å². The van der Waals surface area contributed by atoms with Gasteiger partial charge in [-0.1, -0.05) is 0 Å². The Morgan fingerprint density at radius 2 is 2.06 bits per heavy atom. The zero-order valence-electron chi connectivity index (χ0n) is 9.78. The maximum absolute atomic E-state index is 11.0. The fourth-order valence-corrected chi connectivity index (χ4v) is 1.08. The van der Waals surface area contributed by atoms with Crippen molar-refractivity contribution in [2.75, 3.05) is 26.2 Å². The van der Waals surface area contributed by atoms with Gasteiger partial charge in [0.15, 0.2) is 0 Å². The molecule has 0 aliphatic rings.